The van der Waals surface area contributed by atoms with Crippen LogP contribution < -0.4 is 14.9 Å². The van der Waals surface area contributed by atoms with Gasteiger partial charge in [-0.05, 0) is 43.3 Å². The number of phenolic OH excluding ortho intramolecular Hbond substituents is 1. The predicted octanol–water partition coefficient (Wildman–Crippen LogP) is 3.08. The Morgan fingerprint density at radius 3 is 2.58 bits per heavy atom. The number of carbonyl (C=O) groups excluding carboxylic acids is 1. The molecule has 0 aliphatic rings. The molecule has 2 aromatic rings. The van der Waals surface area contributed by atoms with Gasteiger partial charge >= 0.3 is 0 Å². The van der Waals surface area contributed by atoms with E-state index in [-0.39, 0.29) is 12.4 Å². The highest BCUT2D eigenvalue weighted by Crippen LogP contribution is 2.22. The molecule has 0 saturated heterocycles. The van der Waals surface area contributed by atoms with Gasteiger partial charge < -0.3 is 14.6 Å². The molecule has 2 N–H and O–H groups in total. The van der Waals surface area contributed by atoms with Gasteiger partial charge in [-0.3, -0.25) is 4.79 Å². The van der Waals surface area contributed by atoms with Crippen LogP contribution in [0.5, 0.6) is 17.2 Å². The van der Waals surface area contributed by atoms with Crippen molar-refractivity contribution in [1.29, 1.82) is 0 Å². The molecule has 0 unspecified atom stereocenters. The molecule has 0 radical (unpaired) electrons. The maximum Gasteiger partial charge on any atom is 0.277 e. The number of rotatable bonds is 7. The van der Waals surface area contributed by atoms with E-state index in [9.17, 15) is 9.90 Å². The molecule has 0 atom stereocenters. The van der Waals surface area contributed by atoms with Crippen LogP contribution in [0.15, 0.2) is 52.0 Å². The van der Waals surface area contributed by atoms with Gasteiger partial charge in [-0.25, -0.2) is 5.43 Å². The van der Waals surface area contributed by atoms with Crippen molar-refractivity contribution in [2.75, 3.05) is 13.2 Å². The van der Waals surface area contributed by atoms with Crippen LogP contribution in [0.1, 0.15) is 12.5 Å². The summed E-state index contributed by atoms with van der Waals surface area (Å²) in [6.07, 6.45) is 1.35. The minimum atomic E-state index is -0.403. The smallest absolute Gasteiger partial charge is 0.277 e. The molecule has 0 bridgehead atoms. The third kappa shape index (κ3) is 5.58. The number of carbonyl (C=O) groups is 1. The first-order chi connectivity index (χ1) is 11.6. The molecule has 0 aromatic heterocycles. The Hall–Kier alpha value is -2.54. The minimum absolute atomic E-state index is 0.0186. The second kappa shape index (κ2) is 8.93. The van der Waals surface area contributed by atoms with Gasteiger partial charge in [-0.1, -0.05) is 15.9 Å². The number of aromatic hydroxyl groups is 1. The number of phenols is 1. The number of halogens is 1. The lowest BCUT2D eigenvalue weighted by Gasteiger charge is -2.06. The second-order valence-electron chi connectivity index (χ2n) is 4.69. The van der Waals surface area contributed by atoms with E-state index in [0.717, 1.165) is 4.47 Å². The fourth-order valence-corrected chi connectivity index (χ4v) is 2.04. The van der Waals surface area contributed by atoms with Crippen LogP contribution in [0.2, 0.25) is 0 Å². The van der Waals surface area contributed by atoms with Crippen LogP contribution in [-0.4, -0.2) is 30.4 Å². The zero-order chi connectivity index (χ0) is 17.4. The lowest BCUT2D eigenvalue weighted by atomic mass is 10.2. The summed E-state index contributed by atoms with van der Waals surface area (Å²) < 4.78 is 11.5. The van der Waals surface area contributed by atoms with Crippen molar-refractivity contribution in [3.8, 4) is 17.2 Å². The maximum absolute atomic E-state index is 11.7. The first-order valence-corrected chi connectivity index (χ1v) is 8.04. The molecular weight excluding hydrogens is 376 g/mol. The number of nitrogens with zero attached hydrogens (tertiary/aromatic N) is 1. The van der Waals surface area contributed by atoms with Crippen LogP contribution in [0, 0.1) is 0 Å². The number of benzene rings is 2. The number of hydrogen-bond acceptors (Lipinski definition) is 5. The summed E-state index contributed by atoms with van der Waals surface area (Å²) in [6.45, 7) is 2.22. The zero-order valence-electron chi connectivity index (χ0n) is 13.0. The van der Waals surface area contributed by atoms with Crippen LogP contribution in [0.25, 0.3) is 0 Å². The van der Waals surface area contributed by atoms with Crippen molar-refractivity contribution >= 4 is 28.1 Å². The predicted molar refractivity (Wildman–Crippen MR) is 94.6 cm³/mol. The molecule has 1 amide bonds. The molecule has 0 spiro atoms. The quantitative estimate of drug-likeness (QED) is 0.560. The Bertz CT molecular complexity index is 717. The fraction of sp³-hybridized carbons (Fsp3) is 0.176. The van der Waals surface area contributed by atoms with Gasteiger partial charge in [0, 0.05) is 16.1 Å². The largest absolute Gasteiger partial charge is 0.507 e. The SMILES string of the molecule is CCOc1ccc(/C=N\NC(=O)COc2ccc(Br)cc2)c(O)c1. The lowest BCUT2D eigenvalue weighted by Crippen LogP contribution is -2.24. The highest BCUT2D eigenvalue weighted by atomic mass is 79.9. The fourth-order valence-electron chi connectivity index (χ4n) is 1.77. The average Bonchev–Trinajstić information content (AvgIpc) is 2.56. The van der Waals surface area contributed by atoms with Crippen molar-refractivity contribution in [1.82, 2.24) is 5.43 Å². The molecule has 2 aromatic carbocycles. The van der Waals surface area contributed by atoms with Gasteiger partial charge in [0.2, 0.25) is 0 Å². The first-order valence-electron chi connectivity index (χ1n) is 7.24. The summed E-state index contributed by atoms with van der Waals surface area (Å²) in [5, 5.41) is 13.6. The number of amides is 1. The van der Waals surface area contributed by atoms with Crippen LogP contribution >= 0.6 is 15.9 Å². The highest BCUT2D eigenvalue weighted by Gasteiger charge is 2.03. The van der Waals surface area contributed by atoms with Gasteiger partial charge in [0.1, 0.15) is 17.2 Å². The third-order valence-electron chi connectivity index (χ3n) is 2.89. The monoisotopic (exact) mass is 392 g/mol. The Morgan fingerprint density at radius 1 is 1.21 bits per heavy atom. The van der Waals surface area contributed by atoms with E-state index in [1.807, 2.05) is 19.1 Å². The number of ether oxygens (including phenoxy) is 2. The van der Waals surface area contributed by atoms with E-state index in [1.165, 1.54) is 12.3 Å². The van der Waals surface area contributed by atoms with E-state index in [1.54, 1.807) is 24.3 Å². The van der Waals surface area contributed by atoms with Gasteiger partial charge in [-0.15, -0.1) is 0 Å². The van der Waals surface area contributed by atoms with E-state index >= 15 is 0 Å². The first kappa shape index (κ1) is 17.8. The topological polar surface area (TPSA) is 80.2 Å². The molecule has 0 heterocycles. The zero-order valence-corrected chi connectivity index (χ0v) is 14.6. The molecule has 24 heavy (non-hydrogen) atoms. The van der Waals surface area contributed by atoms with Crippen molar-refractivity contribution < 1.29 is 19.4 Å². The number of nitrogens with one attached hydrogen (secondary N) is 1. The summed E-state index contributed by atoms with van der Waals surface area (Å²) in [7, 11) is 0. The molecule has 6 nitrogen and oxygen atoms in total. The Morgan fingerprint density at radius 2 is 1.92 bits per heavy atom. The summed E-state index contributed by atoms with van der Waals surface area (Å²) in [4.78, 5) is 11.7. The van der Waals surface area contributed by atoms with Gasteiger partial charge in [0.15, 0.2) is 6.61 Å². The molecule has 0 aliphatic carbocycles. The molecule has 0 aliphatic heterocycles. The normalized spacial score (nSPS) is 10.6. The summed E-state index contributed by atoms with van der Waals surface area (Å²) in [5.74, 6) is 0.769. The Balaban J connectivity index is 1.82. The van der Waals surface area contributed by atoms with Crippen LogP contribution in [-0.2, 0) is 4.79 Å². The van der Waals surface area contributed by atoms with E-state index in [0.29, 0.717) is 23.7 Å². The van der Waals surface area contributed by atoms with Crippen molar-refractivity contribution in [2.24, 2.45) is 5.10 Å². The molecule has 0 saturated carbocycles. The minimum Gasteiger partial charge on any atom is -0.507 e. The third-order valence-corrected chi connectivity index (χ3v) is 3.42. The second-order valence-corrected chi connectivity index (χ2v) is 5.61. The standard InChI is InChI=1S/C17H17BrN2O4/c1-2-23-15-6-3-12(16(21)9-15)10-19-20-17(22)11-24-14-7-4-13(18)5-8-14/h3-10,21H,2,11H2,1H3,(H,20,22)/b19-10-. The molecule has 0 fully saturated rings. The molecular formula is C17H17BrN2O4. The van der Waals surface area contributed by atoms with E-state index < -0.39 is 5.91 Å². The lowest BCUT2D eigenvalue weighted by molar-refractivity contribution is -0.123. The van der Waals surface area contributed by atoms with Gasteiger partial charge in [-0.2, -0.15) is 5.10 Å². The highest BCUT2D eigenvalue weighted by molar-refractivity contribution is 9.10. The van der Waals surface area contributed by atoms with Crippen LogP contribution in [0.4, 0.5) is 0 Å². The Labute approximate surface area is 148 Å². The molecule has 7 heteroatoms. The van der Waals surface area contributed by atoms with Crippen molar-refractivity contribution in [3.05, 3.63) is 52.5 Å². The summed E-state index contributed by atoms with van der Waals surface area (Å²) >= 11 is 3.32. The summed E-state index contributed by atoms with van der Waals surface area (Å²) in [5.41, 5.74) is 2.80. The Kier molecular flexibility index (Phi) is 6.62. The van der Waals surface area contributed by atoms with Gasteiger partial charge in [0.25, 0.3) is 5.91 Å². The van der Waals surface area contributed by atoms with Crippen LogP contribution in [0.3, 0.4) is 0 Å². The molecule has 126 valence electrons. The van der Waals surface area contributed by atoms with Crippen molar-refractivity contribution in [2.45, 2.75) is 6.92 Å². The summed E-state index contributed by atoms with van der Waals surface area (Å²) in [6, 6.07) is 12.0. The van der Waals surface area contributed by atoms with Crippen molar-refractivity contribution in [3.63, 3.8) is 0 Å². The average molecular weight is 393 g/mol. The number of hydrogen-bond donors (Lipinski definition) is 2. The van der Waals surface area contributed by atoms with E-state index in [2.05, 4.69) is 26.5 Å². The van der Waals surface area contributed by atoms with Gasteiger partial charge in [0.05, 0.1) is 12.8 Å². The number of hydrazone groups is 1. The molecule has 2 rings (SSSR count). The maximum atomic E-state index is 11.7. The van der Waals surface area contributed by atoms with E-state index in [4.69, 9.17) is 9.47 Å².